The summed E-state index contributed by atoms with van der Waals surface area (Å²) in [7, 11) is 0. The second kappa shape index (κ2) is 6.85. The second-order valence-electron chi connectivity index (χ2n) is 3.89. The minimum Gasteiger partial charge on any atom is -0.480 e. The van der Waals surface area contributed by atoms with E-state index in [4.69, 9.17) is 5.11 Å². The Balaban J connectivity index is 2.12. The number of carbonyl (C=O) groups is 3. The molecule has 0 aromatic carbocycles. The van der Waals surface area contributed by atoms with Crippen LogP contribution in [0.1, 0.15) is 25.7 Å². The van der Waals surface area contributed by atoms with Crippen LogP contribution in [0.3, 0.4) is 0 Å². The van der Waals surface area contributed by atoms with Crippen molar-refractivity contribution in [1.82, 2.24) is 10.6 Å². The number of carbonyl (C=O) groups excluding carboxylic acids is 2. The normalized spacial score (nSPS) is 15.5. The first-order valence-corrected chi connectivity index (χ1v) is 5.48. The Morgan fingerprint density at radius 2 is 1.82 bits per heavy atom. The highest BCUT2D eigenvalue weighted by Crippen LogP contribution is 2.17. The van der Waals surface area contributed by atoms with Crippen molar-refractivity contribution in [3.63, 3.8) is 0 Å². The predicted octanol–water partition coefficient (Wildman–Crippen LogP) is -0.144. The number of amides is 3. The molecule has 0 radical (unpaired) electrons. The smallest absolute Gasteiger partial charge is 0.329 e. The molecule has 0 aromatic rings. The fraction of sp³-hybridized carbons (Fsp3) is 0.700. The first-order valence-electron chi connectivity index (χ1n) is 5.48. The van der Waals surface area contributed by atoms with Crippen molar-refractivity contribution >= 4 is 17.9 Å². The zero-order chi connectivity index (χ0) is 12.7. The molecule has 0 saturated heterocycles. The summed E-state index contributed by atoms with van der Waals surface area (Å²) in [5, 5.41) is 13.0. The summed E-state index contributed by atoms with van der Waals surface area (Å²) in [5.41, 5.74) is 0. The van der Waals surface area contributed by atoms with Gasteiger partial charge in [-0.25, -0.2) is 9.59 Å². The Labute approximate surface area is 98.5 Å². The van der Waals surface area contributed by atoms with E-state index in [0.29, 0.717) is 0 Å². The number of hydrogen-bond acceptors (Lipinski definition) is 4. The molecular weight excluding hydrogens is 228 g/mol. The van der Waals surface area contributed by atoms with Gasteiger partial charge in [0.15, 0.2) is 0 Å². The maximum absolute atomic E-state index is 11.3. The summed E-state index contributed by atoms with van der Waals surface area (Å²) < 4.78 is 4.54. The molecule has 0 spiro atoms. The molecule has 96 valence electrons. The van der Waals surface area contributed by atoms with E-state index in [-0.39, 0.29) is 6.04 Å². The summed E-state index contributed by atoms with van der Waals surface area (Å²) in [6.07, 6.45) is 4.02. The molecule has 0 aliphatic heterocycles. The highest BCUT2D eigenvalue weighted by molar-refractivity contribution is 5.95. The molecule has 0 unspecified atom stereocenters. The monoisotopic (exact) mass is 244 g/mol. The van der Waals surface area contributed by atoms with Crippen molar-refractivity contribution in [2.45, 2.75) is 31.7 Å². The molecule has 1 aliphatic rings. The third-order valence-corrected chi connectivity index (χ3v) is 2.40. The van der Waals surface area contributed by atoms with Crippen molar-refractivity contribution in [3.8, 4) is 0 Å². The molecule has 1 aliphatic carbocycles. The SMILES string of the molecule is O=C(O)COCC(=O)NC(=O)NC1CCCC1. The Hall–Kier alpha value is -1.63. The molecule has 1 saturated carbocycles. The molecule has 0 heterocycles. The number of urea groups is 1. The minimum absolute atomic E-state index is 0.128. The summed E-state index contributed by atoms with van der Waals surface area (Å²) in [5.74, 6) is -1.81. The van der Waals surface area contributed by atoms with Gasteiger partial charge in [0.25, 0.3) is 5.91 Å². The van der Waals surface area contributed by atoms with Crippen LogP contribution in [0.4, 0.5) is 4.79 Å². The van der Waals surface area contributed by atoms with Crippen LogP contribution in [0.5, 0.6) is 0 Å². The van der Waals surface area contributed by atoms with E-state index in [1.165, 1.54) is 0 Å². The van der Waals surface area contributed by atoms with Crippen molar-refractivity contribution in [2.75, 3.05) is 13.2 Å². The average molecular weight is 244 g/mol. The highest BCUT2D eigenvalue weighted by Gasteiger charge is 2.18. The lowest BCUT2D eigenvalue weighted by Gasteiger charge is -2.11. The van der Waals surface area contributed by atoms with Gasteiger partial charge in [0.2, 0.25) is 0 Å². The molecular formula is C10H16N2O5. The lowest BCUT2D eigenvalue weighted by molar-refractivity contribution is -0.143. The number of carboxylic acid groups (broad SMARTS) is 1. The van der Waals surface area contributed by atoms with Crippen molar-refractivity contribution in [1.29, 1.82) is 0 Å². The van der Waals surface area contributed by atoms with Gasteiger partial charge in [0, 0.05) is 6.04 Å². The van der Waals surface area contributed by atoms with E-state index in [2.05, 4.69) is 15.4 Å². The summed E-state index contributed by atoms with van der Waals surface area (Å²) in [6.45, 7) is -0.998. The van der Waals surface area contributed by atoms with Crippen LogP contribution in [-0.4, -0.2) is 42.3 Å². The third-order valence-electron chi connectivity index (χ3n) is 2.40. The molecule has 7 heteroatoms. The molecule has 0 bridgehead atoms. The Morgan fingerprint density at radius 1 is 1.18 bits per heavy atom. The van der Waals surface area contributed by atoms with Gasteiger partial charge in [-0.3, -0.25) is 10.1 Å². The van der Waals surface area contributed by atoms with Crippen molar-refractivity contribution < 1.29 is 24.2 Å². The van der Waals surface area contributed by atoms with Crippen molar-refractivity contribution in [3.05, 3.63) is 0 Å². The molecule has 0 atom stereocenters. The number of carboxylic acids is 1. The van der Waals surface area contributed by atoms with E-state index in [0.717, 1.165) is 25.7 Å². The maximum atomic E-state index is 11.3. The van der Waals surface area contributed by atoms with Gasteiger partial charge in [-0.2, -0.15) is 0 Å². The lowest BCUT2D eigenvalue weighted by Crippen LogP contribution is -2.44. The molecule has 7 nitrogen and oxygen atoms in total. The van der Waals surface area contributed by atoms with Crippen molar-refractivity contribution in [2.24, 2.45) is 0 Å². The number of rotatable bonds is 5. The van der Waals surface area contributed by atoms with E-state index < -0.39 is 31.1 Å². The first kappa shape index (κ1) is 13.4. The fourth-order valence-corrected chi connectivity index (χ4v) is 1.69. The van der Waals surface area contributed by atoms with Crippen LogP contribution in [0, 0.1) is 0 Å². The van der Waals surface area contributed by atoms with Gasteiger partial charge in [-0.05, 0) is 12.8 Å². The maximum Gasteiger partial charge on any atom is 0.329 e. The van der Waals surface area contributed by atoms with Crippen LogP contribution in [0.2, 0.25) is 0 Å². The number of aliphatic carboxylic acids is 1. The Bertz CT molecular complexity index is 299. The second-order valence-corrected chi connectivity index (χ2v) is 3.89. The Kier molecular flexibility index (Phi) is 5.41. The van der Waals surface area contributed by atoms with E-state index in [1.807, 2.05) is 0 Å². The van der Waals surface area contributed by atoms with Gasteiger partial charge in [0.1, 0.15) is 13.2 Å². The zero-order valence-electron chi connectivity index (χ0n) is 9.40. The fourth-order valence-electron chi connectivity index (χ4n) is 1.69. The molecule has 1 rings (SSSR count). The minimum atomic E-state index is -1.16. The molecule has 3 amide bonds. The Morgan fingerprint density at radius 3 is 2.41 bits per heavy atom. The standard InChI is InChI=1S/C10H16N2O5/c13-8(5-17-6-9(14)15)12-10(16)11-7-3-1-2-4-7/h7H,1-6H2,(H,14,15)(H2,11,12,13,16). The van der Waals surface area contributed by atoms with Gasteiger partial charge in [0.05, 0.1) is 0 Å². The van der Waals surface area contributed by atoms with Gasteiger partial charge >= 0.3 is 12.0 Å². The number of ether oxygens (including phenoxy) is 1. The molecule has 1 fully saturated rings. The average Bonchev–Trinajstić information content (AvgIpc) is 2.69. The third kappa shape index (κ3) is 5.86. The van der Waals surface area contributed by atoms with Gasteiger partial charge < -0.3 is 15.2 Å². The number of nitrogens with one attached hydrogen (secondary N) is 2. The van der Waals surface area contributed by atoms with Gasteiger partial charge in [-0.1, -0.05) is 12.8 Å². The highest BCUT2D eigenvalue weighted by atomic mass is 16.5. The zero-order valence-corrected chi connectivity index (χ0v) is 9.40. The predicted molar refractivity (Wildman–Crippen MR) is 57.4 cm³/mol. The van der Waals surface area contributed by atoms with E-state index in [9.17, 15) is 14.4 Å². The van der Waals surface area contributed by atoms with Crippen LogP contribution in [-0.2, 0) is 14.3 Å². The largest absolute Gasteiger partial charge is 0.480 e. The quantitative estimate of drug-likeness (QED) is 0.624. The van der Waals surface area contributed by atoms with Crippen LogP contribution in [0.25, 0.3) is 0 Å². The van der Waals surface area contributed by atoms with Gasteiger partial charge in [-0.15, -0.1) is 0 Å². The lowest BCUT2D eigenvalue weighted by atomic mass is 10.2. The summed E-state index contributed by atoms with van der Waals surface area (Å²) in [4.78, 5) is 32.5. The summed E-state index contributed by atoms with van der Waals surface area (Å²) >= 11 is 0. The number of hydrogen-bond donors (Lipinski definition) is 3. The number of imide groups is 1. The molecule has 17 heavy (non-hydrogen) atoms. The van der Waals surface area contributed by atoms with Crippen LogP contribution < -0.4 is 10.6 Å². The van der Waals surface area contributed by atoms with Crippen LogP contribution in [0.15, 0.2) is 0 Å². The topological polar surface area (TPSA) is 105 Å². The van der Waals surface area contributed by atoms with E-state index >= 15 is 0 Å². The molecule has 3 N–H and O–H groups in total. The van der Waals surface area contributed by atoms with Crippen LogP contribution >= 0.6 is 0 Å². The molecule has 0 aromatic heterocycles. The summed E-state index contributed by atoms with van der Waals surface area (Å²) in [6, 6.07) is -0.427. The van der Waals surface area contributed by atoms with E-state index in [1.54, 1.807) is 0 Å². The first-order chi connectivity index (χ1) is 8.08.